The highest BCUT2D eigenvalue weighted by Gasteiger charge is 2.29. The van der Waals surface area contributed by atoms with Crippen LogP contribution in [-0.2, 0) is 16.0 Å². The maximum atomic E-state index is 13.2. The van der Waals surface area contributed by atoms with Crippen LogP contribution in [0.15, 0.2) is 24.3 Å². The molecule has 1 amide bonds. The Morgan fingerprint density at radius 3 is 2.85 bits per heavy atom. The SMILES string of the molecule is Cc1[nH]c2ccccc2c1CC(=O)N1CCCC[C@H]1CN1CCOCC1. The van der Waals surface area contributed by atoms with Crippen molar-refractivity contribution >= 4 is 16.8 Å². The van der Waals surface area contributed by atoms with Crippen molar-refractivity contribution < 1.29 is 9.53 Å². The first kappa shape index (κ1) is 17.6. The standard InChI is InChI=1S/C21H29N3O2/c1-16-19(18-7-2-3-8-20(18)22-16)14-21(25)24-9-5-4-6-17(24)15-23-10-12-26-13-11-23/h2-3,7-8,17,22H,4-6,9-15H2,1H3/t17-/m0/s1. The van der Waals surface area contributed by atoms with Crippen molar-refractivity contribution in [1.29, 1.82) is 0 Å². The highest BCUT2D eigenvalue weighted by molar-refractivity contribution is 5.90. The average molecular weight is 355 g/mol. The topological polar surface area (TPSA) is 48.6 Å². The number of carbonyl (C=O) groups is 1. The lowest BCUT2D eigenvalue weighted by Gasteiger charge is -2.39. The van der Waals surface area contributed by atoms with Gasteiger partial charge in [0.25, 0.3) is 0 Å². The number of nitrogens with zero attached hydrogens (tertiary/aromatic N) is 2. The summed E-state index contributed by atoms with van der Waals surface area (Å²) in [6.45, 7) is 7.56. The maximum Gasteiger partial charge on any atom is 0.227 e. The summed E-state index contributed by atoms with van der Waals surface area (Å²) < 4.78 is 5.46. The van der Waals surface area contributed by atoms with Crippen LogP contribution in [0.4, 0.5) is 0 Å². The van der Waals surface area contributed by atoms with Crippen molar-refractivity contribution in [2.45, 2.75) is 38.6 Å². The van der Waals surface area contributed by atoms with Crippen LogP contribution in [0.1, 0.15) is 30.5 Å². The molecule has 0 spiro atoms. The molecule has 2 fully saturated rings. The number of benzene rings is 1. The molecule has 0 radical (unpaired) electrons. The lowest BCUT2D eigenvalue weighted by Crippen LogP contribution is -2.51. The summed E-state index contributed by atoms with van der Waals surface area (Å²) in [7, 11) is 0. The second kappa shape index (κ2) is 7.80. The Bertz CT molecular complexity index is 764. The largest absolute Gasteiger partial charge is 0.379 e. The number of aromatic amines is 1. The van der Waals surface area contributed by atoms with Crippen LogP contribution < -0.4 is 0 Å². The summed E-state index contributed by atoms with van der Waals surface area (Å²) in [5, 5.41) is 1.18. The molecule has 2 aliphatic rings. The number of piperidine rings is 1. The number of para-hydroxylation sites is 1. The Hall–Kier alpha value is -1.85. The Kier molecular flexibility index (Phi) is 5.27. The van der Waals surface area contributed by atoms with Crippen LogP contribution in [0.25, 0.3) is 10.9 Å². The molecule has 2 saturated heterocycles. The van der Waals surface area contributed by atoms with Crippen molar-refractivity contribution in [3.63, 3.8) is 0 Å². The van der Waals surface area contributed by atoms with Gasteiger partial charge >= 0.3 is 0 Å². The van der Waals surface area contributed by atoms with Crippen LogP contribution in [0.2, 0.25) is 0 Å². The van der Waals surface area contributed by atoms with Gasteiger partial charge in [-0.2, -0.15) is 0 Å². The van der Waals surface area contributed by atoms with Gasteiger partial charge in [-0.1, -0.05) is 18.2 Å². The van der Waals surface area contributed by atoms with E-state index in [1.165, 1.54) is 11.8 Å². The summed E-state index contributed by atoms with van der Waals surface area (Å²) in [4.78, 5) is 21.2. The molecule has 0 bridgehead atoms. The zero-order chi connectivity index (χ0) is 17.9. The van der Waals surface area contributed by atoms with E-state index < -0.39 is 0 Å². The van der Waals surface area contributed by atoms with E-state index >= 15 is 0 Å². The van der Waals surface area contributed by atoms with Crippen LogP contribution >= 0.6 is 0 Å². The van der Waals surface area contributed by atoms with Crippen molar-refractivity contribution in [3.05, 3.63) is 35.5 Å². The lowest BCUT2D eigenvalue weighted by atomic mass is 9.99. The maximum absolute atomic E-state index is 13.2. The second-order valence-electron chi connectivity index (χ2n) is 7.60. The van der Waals surface area contributed by atoms with Crippen LogP contribution in [0, 0.1) is 6.92 Å². The molecular weight excluding hydrogens is 326 g/mol. The van der Waals surface area contributed by atoms with Crippen LogP contribution in [-0.4, -0.2) is 66.1 Å². The third kappa shape index (κ3) is 3.64. The van der Waals surface area contributed by atoms with E-state index in [2.05, 4.69) is 33.8 Å². The van der Waals surface area contributed by atoms with Gasteiger partial charge in [0.2, 0.25) is 5.91 Å². The Morgan fingerprint density at radius 2 is 2.00 bits per heavy atom. The summed E-state index contributed by atoms with van der Waals surface area (Å²) in [5.74, 6) is 0.274. The first-order valence-corrected chi connectivity index (χ1v) is 9.88. The molecule has 140 valence electrons. The molecule has 0 aliphatic carbocycles. The van der Waals surface area contributed by atoms with Crippen molar-refractivity contribution in [3.8, 4) is 0 Å². The molecule has 2 aliphatic heterocycles. The number of H-pyrrole nitrogens is 1. The van der Waals surface area contributed by atoms with Gasteiger partial charge < -0.3 is 14.6 Å². The Morgan fingerprint density at radius 1 is 1.19 bits per heavy atom. The number of hydrogen-bond acceptors (Lipinski definition) is 3. The number of morpholine rings is 1. The fourth-order valence-corrected chi connectivity index (χ4v) is 4.42. The molecule has 4 rings (SSSR count). The normalized spacial score (nSPS) is 22.0. The first-order valence-electron chi connectivity index (χ1n) is 9.88. The van der Waals surface area contributed by atoms with E-state index in [9.17, 15) is 4.79 Å². The van der Waals surface area contributed by atoms with Gasteiger partial charge in [0.1, 0.15) is 0 Å². The molecule has 1 aromatic heterocycles. The van der Waals surface area contributed by atoms with Gasteiger partial charge in [-0.25, -0.2) is 0 Å². The van der Waals surface area contributed by atoms with E-state index in [4.69, 9.17) is 4.74 Å². The highest BCUT2D eigenvalue weighted by Crippen LogP contribution is 2.25. The third-order valence-corrected chi connectivity index (χ3v) is 5.88. The van der Waals surface area contributed by atoms with Crippen molar-refractivity contribution in [2.24, 2.45) is 0 Å². The van der Waals surface area contributed by atoms with E-state index in [1.807, 2.05) is 12.1 Å². The smallest absolute Gasteiger partial charge is 0.227 e. The average Bonchev–Trinajstić information content (AvgIpc) is 2.98. The van der Waals surface area contributed by atoms with Gasteiger partial charge in [0.15, 0.2) is 0 Å². The Labute approximate surface area is 155 Å². The van der Waals surface area contributed by atoms with Crippen molar-refractivity contribution in [1.82, 2.24) is 14.8 Å². The fourth-order valence-electron chi connectivity index (χ4n) is 4.42. The van der Waals surface area contributed by atoms with Gasteiger partial charge in [-0.15, -0.1) is 0 Å². The Balaban J connectivity index is 1.48. The molecule has 1 N–H and O–H groups in total. The number of amides is 1. The number of rotatable bonds is 4. The monoisotopic (exact) mass is 355 g/mol. The molecule has 1 atom stereocenters. The van der Waals surface area contributed by atoms with E-state index in [-0.39, 0.29) is 5.91 Å². The molecule has 26 heavy (non-hydrogen) atoms. The van der Waals surface area contributed by atoms with Gasteiger partial charge in [0, 0.05) is 48.8 Å². The highest BCUT2D eigenvalue weighted by atomic mass is 16.5. The quantitative estimate of drug-likeness (QED) is 0.917. The number of hydrogen-bond donors (Lipinski definition) is 1. The minimum absolute atomic E-state index is 0.274. The molecule has 3 heterocycles. The van der Waals surface area contributed by atoms with Gasteiger partial charge in [-0.3, -0.25) is 9.69 Å². The second-order valence-corrected chi connectivity index (χ2v) is 7.60. The summed E-state index contributed by atoms with van der Waals surface area (Å²) in [5.41, 5.74) is 3.39. The number of aryl methyl sites for hydroxylation is 1. The summed E-state index contributed by atoms with van der Waals surface area (Å²) in [6, 6.07) is 8.62. The van der Waals surface area contributed by atoms with E-state index in [0.717, 1.165) is 69.0 Å². The minimum Gasteiger partial charge on any atom is -0.379 e. The third-order valence-electron chi connectivity index (χ3n) is 5.88. The number of aromatic nitrogens is 1. The number of ether oxygens (including phenoxy) is 1. The first-order chi connectivity index (χ1) is 12.7. The number of nitrogens with one attached hydrogen (secondary N) is 1. The molecule has 2 aromatic rings. The predicted octanol–water partition coefficient (Wildman–Crippen LogP) is 2.73. The van der Waals surface area contributed by atoms with Gasteiger partial charge in [-0.05, 0) is 37.8 Å². The van der Waals surface area contributed by atoms with E-state index in [0.29, 0.717) is 12.5 Å². The van der Waals surface area contributed by atoms with Crippen molar-refractivity contribution in [2.75, 3.05) is 39.4 Å². The number of carbonyl (C=O) groups excluding carboxylic acids is 1. The molecule has 5 nitrogen and oxygen atoms in total. The van der Waals surface area contributed by atoms with E-state index in [1.54, 1.807) is 0 Å². The van der Waals surface area contributed by atoms with Gasteiger partial charge in [0.05, 0.1) is 19.6 Å². The van der Waals surface area contributed by atoms with Crippen LogP contribution in [0.3, 0.4) is 0 Å². The fraction of sp³-hybridized carbons (Fsp3) is 0.571. The lowest BCUT2D eigenvalue weighted by molar-refractivity contribution is -0.134. The minimum atomic E-state index is 0.274. The zero-order valence-electron chi connectivity index (χ0n) is 15.7. The molecule has 0 unspecified atom stereocenters. The molecule has 1 aromatic carbocycles. The molecule has 5 heteroatoms. The predicted molar refractivity (Wildman–Crippen MR) is 103 cm³/mol. The summed E-state index contributed by atoms with van der Waals surface area (Å²) in [6.07, 6.45) is 3.97. The number of fused-ring (bicyclic) bond motifs is 1. The number of likely N-dealkylation sites (tertiary alicyclic amines) is 1. The molecule has 0 saturated carbocycles. The summed E-state index contributed by atoms with van der Waals surface area (Å²) >= 11 is 0. The molecular formula is C21H29N3O2. The zero-order valence-corrected chi connectivity index (χ0v) is 15.7. The van der Waals surface area contributed by atoms with Crippen LogP contribution in [0.5, 0.6) is 0 Å².